The van der Waals surface area contributed by atoms with Gasteiger partial charge < -0.3 is 14.4 Å². The van der Waals surface area contributed by atoms with Crippen molar-refractivity contribution in [1.82, 2.24) is 0 Å². The van der Waals surface area contributed by atoms with Gasteiger partial charge in [-0.2, -0.15) is 0 Å². The monoisotopic (exact) mass is 366 g/mol. The highest BCUT2D eigenvalue weighted by molar-refractivity contribution is 8.14. The van der Waals surface area contributed by atoms with Gasteiger partial charge in [0, 0.05) is 17.5 Å². The van der Waals surface area contributed by atoms with Crippen LogP contribution in [0.25, 0.3) is 0 Å². The standard InChI is InChI=1S/C16H18N2O4S2/c1-2-7-23-16-17-12-9-24(19,20)10-13(12)18(16)11-3-4-14-15(8-11)22-6-5-21-14/h2-4,8,12-13H,1,5-7,9-10H2/t12-,13+/m0/s1. The Hall–Kier alpha value is -1.67. The molecule has 0 radical (unpaired) electrons. The maximum Gasteiger partial charge on any atom is 0.164 e. The summed E-state index contributed by atoms with van der Waals surface area (Å²) in [6.45, 7) is 4.81. The van der Waals surface area contributed by atoms with Crippen LogP contribution in [0.15, 0.2) is 35.8 Å². The van der Waals surface area contributed by atoms with Crippen LogP contribution < -0.4 is 14.4 Å². The first-order valence-electron chi connectivity index (χ1n) is 7.78. The van der Waals surface area contributed by atoms with Gasteiger partial charge in [-0.05, 0) is 12.1 Å². The van der Waals surface area contributed by atoms with Crippen LogP contribution in [-0.2, 0) is 9.84 Å². The summed E-state index contributed by atoms with van der Waals surface area (Å²) in [6, 6.07) is 5.37. The van der Waals surface area contributed by atoms with Gasteiger partial charge in [-0.1, -0.05) is 17.8 Å². The van der Waals surface area contributed by atoms with Crippen LogP contribution in [0.3, 0.4) is 0 Å². The molecule has 3 heterocycles. The second kappa shape index (κ2) is 6.00. The smallest absolute Gasteiger partial charge is 0.164 e. The third-order valence-electron chi connectivity index (χ3n) is 4.24. The van der Waals surface area contributed by atoms with E-state index in [2.05, 4.69) is 11.6 Å². The number of aliphatic imine (C=N–C) groups is 1. The van der Waals surface area contributed by atoms with E-state index in [9.17, 15) is 8.42 Å². The molecule has 1 saturated heterocycles. The average Bonchev–Trinajstić information content (AvgIpc) is 3.03. The average molecular weight is 366 g/mol. The van der Waals surface area contributed by atoms with Crippen molar-refractivity contribution in [2.24, 2.45) is 4.99 Å². The number of fused-ring (bicyclic) bond motifs is 2. The third kappa shape index (κ3) is 2.77. The SMILES string of the molecule is C=CCSC1=N[C@H]2CS(=O)(=O)C[C@H]2N1c1ccc2c(c1)OCCO2. The van der Waals surface area contributed by atoms with Gasteiger partial charge in [0.1, 0.15) is 13.2 Å². The third-order valence-corrected chi connectivity index (χ3v) is 6.90. The summed E-state index contributed by atoms with van der Waals surface area (Å²) < 4.78 is 35.2. The summed E-state index contributed by atoms with van der Waals surface area (Å²) >= 11 is 1.57. The number of anilines is 1. The summed E-state index contributed by atoms with van der Waals surface area (Å²) in [5.41, 5.74) is 0.888. The minimum atomic E-state index is -3.04. The predicted molar refractivity (Wildman–Crippen MR) is 96.2 cm³/mol. The number of hydrogen-bond donors (Lipinski definition) is 0. The van der Waals surface area contributed by atoms with Crippen molar-refractivity contribution < 1.29 is 17.9 Å². The Kier molecular flexibility index (Phi) is 3.96. The molecule has 2 atom stereocenters. The molecule has 3 aliphatic heterocycles. The fourth-order valence-electron chi connectivity index (χ4n) is 3.25. The van der Waals surface area contributed by atoms with E-state index in [0.29, 0.717) is 19.0 Å². The Labute approximate surface area is 145 Å². The Morgan fingerprint density at radius 3 is 2.88 bits per heavy atom. The fourth-order valence-corrected chi connectivity index (χ4v) is 5.95. The number of sulfone groups is 1. The number of rotatable bonds is 3. The van der Waals surface area contributed by atoms with Gasteiger partial charge in [0.2, 0.25) is 0 Å². The molecule has 0 aromatic heterocycles. The molecule has 0 spiro atoms. The zero-order valence-corrected chi connectivity index (χ0v) is 14.7. The molecule has 0 unspecified atom stereocenters. The maximum absolute atomic E-state index is 12.0. The van der Waals surface area contributed by atoms with Crippen LogP contribution >= 0.6 is 11.8 Å². The van der Waals surface area contributed by atoms with Crippen LogP contribution in [0.1, 0.15) is 0 Å². The molecule has 4 rings (SSSR count). The molecule has 0 aliphatic carbocycles. The molecule has 1 fully saturated rings. The molecule has 3 aliphatic rings. The molecule has 6 nitrogen and oxygen atoms in total. The Morgan fingerprint density at radius 2 is 2.08 bits per heavy atom. The number of thioether (sulfide) groups is 1. The van der Waals surface area contributed by atoms with Gasteiger partial charge in [0.15, 0.2) is 26.5 Å². The number of hydrogen-bond acceptors (Lipinski definition) is 7. The minimum Gasteiger partial charge on any atom is -0.486 e. The lowest BCUT2D eigenvalue weighted by Crippen LogP contribution is -2.39. The van der Waals surface area contributed by atoms with E-state index in [4.69, 9.17) is 9.47 Å². The van der Waals surface area contributed by atoms with Gasteiger partial charge in [-0.15, -0.1) is 6.58 Å². The van der Waals surface area contributed by atoms with Crippen molar-refractivity contribution in [2.45, 2.75) is 12.1 Å². The number of amidine groups is 1. The highest BCUT2D eigenvalue weighted by atomic mass is 32.2. The molecule has 1 aromatic carbocycles. The van der Waals surface area contributed by atoms with E-state index >= 15 is 0 Å². The maximum atomic E-state index is 12.0. The van der Waals surface area contributed by atoms with Gasteiger partial charge in [0.05, 0.1) is 23.6 Å². The van der Waals surface area contributed by atoms with Crippen molar-refractivity contribution in [3.63, 3.8) is 0 Å². The fraction of sp³-hybridized carbons (Fsp3) is 0.438. The van der Waals surface area contributed by atoms with Crippen LogP contribution in [-0.4, -0.2) is 56.1 Å². The van der Waals surface area contributed by atoms with Crippen LogP contribution in [0.2, 0.25) is 0 Å². The van der Waals surface area contributed by atoms with Gasteiger partial charge >= 0.3 is 0 Å². The molecule has 8 heteroatoms. The van der Waals surface area contributed by atoms with Crippen LogP contribution in [0.4, 0.5) is 5.69 Å². The molecule has 128 valence electrons. The lowest BCUT2D eigenvalue weighted by atomic mass is 10.1. The van der Waals surface area contributed by atoms with E-state index in [1.807, 2.05) is 29.2 Å². The quantitative estimate of drug-likeness (QED) is 0.759. The highest BCUT2D eigenvalue weighted by Crippen LogP contribution is 2.39. The van der Waals surface area contributed by atoms with Crippen molar-refractivity contribution in [3.05, 3.63) is 30.9 Å². The van der Waals surface area contributed by atoms with E-state index in [0.717, 1.165) is 22.4 Å². The minimum absolute atomic E-state index is 0.122. The summed E-state index contributed by atoms with van der Waals surface area (Å²) in [4.78, 5) is 6.69. The van der Waals surface area contributed by atoms with E-state index in [1.165, 1.54) is 0 Å². The summed E-state index contributed by atoms with van der Waals surface area (Å²) in [5, 5.41) is 0.844. The second-order valence-corrected chi connectivity index (χ2v) is 9.06. The highest BCUT2D eigenvalue weighted by Gasteiger charge is 2.47. The van der Waals surface area contributed by atoms with Crippen LogP contribution in [0, 0.1) is 0 Å². The Morgan fingerprint density at radius 1 is 1.29 bits per heavy atom. The van der Waals surface area contributed by atoms with Crippen molar-refractivity contribution in [3.8, 4) is 11.5 Å². The first kappa shape index (κ1) is 15.8. The molecule has 0 N–H and O–H groups in total. The van der Waals surface area contributed by atoms with Gasteiger partial charge in [-0.25, -0.2) is 8.42 Å². The normalized spacial score (nSPS) is 26.8. The van der Waals surface area contributed by atoms with Crippen molar-refractivity contribution >= 4 is 32.5 Å². The number of nitrogens with zero attached hydrogens (tertiary/aromatic N) is 2. The van der Waals surface area contributed by atoms with Gasteiger partial charge in [-0.3, -0.25) is 4.99 Å². The largest absolute Gasteiger partial charge is 0.486 e. The lowest BCUT2D eigenvalue weighted by Gasteiger charge is -2.28. The van der Waals surface area contributed by atoms with Gasteiger partial charge in [0.25, 0.3) is 0 Å². The molecule has 0 amide bonds. The molecular formula is C16H18N2O4S2. The van der Waals surface area contributed by atoms with E-state index in [-0.39, 0.29) is 23.6 Å². The lowest BCUT2D eigenvalue weighted by molar-refractivity contribution is 0.171. The summed E-state index contributed by atoms with van der Waals surface area (Å²) in [7, 11) is -3.04. The Bertz CT molecular complexity index is 806. The molecular weight excluding hydrogens is 348 g/mol. The van der Waals surface area contributed by atoms with E-state index < -0.39 is 9.84 Å². The summed E-state index contributed by atoms with van der Waals surface area (Å²) in [5.74, 6) is 2.39. The predicted octanol–water partition coefficient (Wildman–Crippen LogP) is 1.72. The number of ether oxygens (including phenoxy) is 2. The van der Waals surface area contributed by atoms with Crippen molar-refractivity contribution in [2.75, 3.05) is 35.4 Å². The van der Waals surface area contributed by atoms with Crippen molar-refractivity contribution in [1.29, 1.82) is 0 Å². The second-order valence-electron chi connectivity index (χ2n) is 5.92. The zero-order chi connectivity index (χ0) is 16.7. The van der Waals surface area contributed by atoms with Crippen LogP contribution in [0.5, 0.6) is 11.5 Å². The molecule has 1 aromatic rings. The zero-order valence-electron chi connectivity index (χ0n) is 13.1. The first-order chi connectivity index (χ1) is 11.6. The molecule has 0 bridgehead atoms. The first-order valence-corrected chi connectivity index (χ1v) is 10.6. The Balaban J connectivity index is 1.70. The summed E-state index contributed by atoms with van der Waals surface area (Å²) in [6.07, 6.45) is 1.82. The number of benzene rings is 1. The molecule has 24 heavy (non-hydrogen) atoms. The topological polar surface area (TPSA) is 68.2 Å². The molecule has 0 saturated carbocycles. The van der Waals surface area contributed by atoms with E-state index in [1.54, 1.807) is 11.8 Å².